The zero-order chi connectivity index (χ0) is 14.7. The Kier molecular flexibility index (Phi) is 2.53. The second kappa shape index (κ2) is 4.46. The van der Waals surface area contributed by atoms with Gasteiger partial charge in [0.1, 0.15) is 11.2 Å². The third kappa shape index (κ3) is 1.70. The van der Waals surface area contributed by atoms with Gasteiger partial charge in [-0.1, -0.05) is 30.3 Å². The van der Waals surface area contributed by atoms with Gasteiger partial charge in [0.2, 0.25) is 0 Å². The fraction of sp³-hybridized carbons (Fsp3) is 0. The molecule has 0 radical (unpaired) electrons. The molecule has 0 spiro atoms. The van der Waals surface area contributed by atoms with Gasteiger partial charge in [0.05, 0.1) is 0 Å². The maximum Gasteiger partial charge on any atom is 0.136 e. The van der Waals surface area contributed by atoms with Gasteiger partial charge in [0.25, 0.3) is 0 Å². The summed E-state index contributed by atoms with van der Waals surface area (Å²) in [4.78, 5) is 0. The Labute approximate surface area is 140 Å². The van der Waals surface area contributed by atoms with Gasteiger partial charge >= 0.3 is 0 Å². The number of furan rings is 1. The van der Waals surface area contributed by atoms with Gasteiger partial charge in [-0.3, -0.25) is 0 Å². The van der Waals surface area contributed by atoms with Crippen LogP contribution in [0.1, 0.15) is 0 Å². The Morgan fingerprint density at radius 2 is 1.45 bits per heavy atom. The van der Waals surface area contributed by atoms with Crippen molar-refractivity contribution in [1.82, 2.24) is 0 Å². The van der Waals surface area contributed by atoms with E-state index in [1.165, 1.54) is 35.9 Å². The summed E-state index contributed by atoms with van der Waals surface area (Å²) >= 11 is 2.32. The van der Waals surface area contributed by atoms with Crippen LogP contribution in [0.5, 0.6) is 0 Å². The maximum atomic E-state index is 6.05. The lowest BCUT2D eigenvalue weighted by Crippen LogP contribution is -1.78. The second-order valence-corrected chi connectivity index (χ2v) is 6.85. The summed E-state index contributed by atoms with van der Waals surface area (Å²) in [5.74, 6) is 0. The average Bonchev–Trinajstić information content (AvgIpc) is 2.90. The van der Waals surface area contributed by atoms with E-state index in [0.717, 1.165) is 11.2 Å². The lowest BCUT2D eigenvalue weighted by molar-refractivity contribution is 0.669. The van der Waals surface area contributed by atoms with Crippen molar-refractivity contribution in [2.24, 2.45) is 0 Å². The van der Waals surface area contributed by atoms with E-state index < -0.39 is 0 Å². The maximum absolute atomic E-state index is 6.05. The average molecular weight is 394 g/mol. The first kappa shape index (κ1) is 12.5. The molecule has 0 aliphatic carbocycles. The molecule has 0 unspecified atom stereocenters. The molecule has 0 saturated heterocycles. The summed E-state index contributed by atoms with van der Waals surface area (Å²) in [5.41, 5.74) is 1.92. The van der Waals surface area contributed by atoms with Crippen molar-refractivity contribution in [2.75, 3.05) is 0 Å². The molecule has 0 atom stereocenters. The van der Waals surface area contributed by atoms with Gasteiger partial charge in [-0.2, -0.15) is 0 Å². The summed E-state index contributed by atoms with van der Waals surface area (Å²) in [6.45, 7) is 0. The zero-order valence-corrected chi connectivity index (χ0v) is 13.8. The predicted octanol–water partition coefficient (Wildman–Crippen LogP) is 6.50. The minimum Gasteiger partial charge on any atom is -0.456 e. The zero-order valence-electron chi connectivity index (χ0n) is 11.6. The Balaban J connectivity index is 2.05. The summed E-state index contributed by atoms with van der Waals surface area (Å²) in [7, 11) is 0. The molecule has 5 rings (SSSR count). The van der Waals surface area contributed by atoms with E-state index in [-0.39, 0.29) is 0 Å². The Morgan fingerprint density at radius 3 is 2.32 bits per heavy atom. The van der Waals surface area contributed by atoms with Crippen molar-refractivity contribution in [3.05, 3.63) is 70.3 Å². The van der Waals surface area contributed by atoms with Crippen LogP contribution in [-0.2, 0) is 0 Å². The van der Waals surface area contributed by atoms with E-state index >= 15 is 0 Å². The predicted molar refractivity (Wildman–Crippen MR) is 101 cm³/mol. The first-order chi connectivity index (χ1) is 10.8. The van der Waals surface area contributed by atoms with Crippen LogP contribution in [-0.4, -0.2) is 0 Å². The highest BCUT2D eigenvalue weighted by Gasteiger charge is 2.11. The summed E-state index contributed by atoms with van der Waals surface area (Å²) in [6.07, 6.45) is 0. The van der Waals surface area contributed by atoms with Gasteiger partial charge in [-0.25, -0.2) is 0 Å². The number of benzene rings is 4. The molecule has 4 aromatic carbocycles. The molecule has 0 saturated carbocycles. The molecule has 0 aliphatic heterocycles. The molecule has 5 aromatic rings. The smallest absolute Gasteiger partial charge is 0.136 e. The molecule has 1 heterocycles. The van der Waals surface area contributed by atoms with Gasteiger partial charge in [-0.05, 0) is 80.5 Å². The lowest BCUT2D eigenvalue weighted by atomic mass is 9.99. The SMILES string of the molecule is Ic1ccc2c(c1)oc1ccc3cc4ccccc4cc3c12. The normalized spacial score (nSPS) is 11.9. The minimum absolute atomic E-state index is 0.958. The first-order valence-corrected chi connectivity index (χ1v) is 8.31. The topological polar surface area (TPSA) is 13.1 Å². The molecular formula is C20H11IO. The molecule has 0 fully saturated rings. The Bertz CT molecular complexity index is 1180. The van der Waals surface area contributed by atoms with E-state index in [2.05, 4.69) is 89.3 Å². The van der Waals surface area contributed by atoms with Crippen LogP contribution in [0, 0.1) is 3.57 Å². The number of hydrogen-bond acceptors (Lipinski definition) is 1. The van der Waals surface area contributed by atoms with Gasteiger partial charge in [-0.15, -0.1) is 0 Å². The van der Waals surface area contributed by atoms with Crippen molar-refractivity contribution in [1.29, 1.82) is 0 Å². The van der Waals surface area contributed by atoms with Gasteiger partial charge in [0, 0.05) is 14.3 Å². The van der Waals surface area contributed by atoms with Gasteiger partial charge < -0.3 is 4.42 Å². The van der Waals surface area contributed by atoms with Crippen molar-refractivity contribution < 1.29 is 4.42 Å². The van der Waals surface area contributed by atoms with E-state index in [1.54, 1.807) is 0 Å². The van der Waals surface area contributed by atoms with Crippen LogP contribution < -0.4 is 0 Å². The van der Waals surface area contributed by atoms with Crippen LogP contribution in [0.25, 0.3) is 43.5 Å². The number of rotatable bonds is 0. The number of hydrogen-bond donors (Lipinski definition) is 0. The quantitative estimate of drug-likeness (QED) is 0.216. The highest BCUT2D eigenvalue weighted by molar-refractivity contribution is 14.1. The molecule has 0 bridgehead atoms. The van der Waals surface area contributed by atoms with Crippen LogP contribution in [0.4, 0.5) is 0 Å². The van der Waals surface area contributed by atoms with E-state index in [4.69, 9.17) is 4.42 Å². The molecule has 0 amide bonds. The summed E-state index contributed by atoms with van der Waals surface area (Å²) in [6, 6.07) is 23.7. The molecule has 0 aliphatic rings. The number of halogens is 1. The van der Waals surface area contributed by atoms with E-state index in [1.807, 2.05) is 0 Å². The number of fused-ring (bicyclic) bond motifs is 6. The van der Waals surface area contributed by atoms with Crippen molar-refractivity contribution in [2.45, 2.75) is 0 Å². The van der Waals surface area contributed by atoms with Crippen molar-refractivity contribution in [3.8, 4) is 0 Å². The first-order valence-electron chi connectivity index (χ1n) is 7.23. The van der Waals surface area contributed by atoms with Crippen LogP contribution >= 0.6 is 22.6 Å². The van der Waals surface area contributed by atoms with E-state index in [9.17, 15) is 0 Å². The third-order valence-electron chi connectivity index (χ3n) is 4.28. The largest absolute Gasteiger partial charge is 0.456 e. The third-order valence-corrected chi connectivity index (χ3v) is 4.95. The standard InChI is InChI=1S/C20H11IO/c21-15-6-7-16-19(11-15)22-18-8-5-14-9-12-3-1-2-4-13(12)10-17(14)20(16)18/h1-11H. The lowest BCUT2D eigenvalue weighted by Gasteiger charge is -2.03. The van der Waals surface area contributed by atoms with Crippen LogP contribution in [0.15, 0.2) is 71.1 Å². The molecule has 0 N–H and O–H groups in total. The fourth-order valence-corrected chi connectivity index (χ4v) is 3.72. The molecule has 2 heteroatoms. The molecule has 1 aromatic heterocycles. The van der Waals surface area contributed by atoms with E-state index in [0.29, 0.717) is 0 Å². The van der Waals surface area contributed by atoms with Gasteiger partial charge in [0.15, 0.2) is 0 Å². The van der Waals surface area contributed by atoms with Crippen molar-refractivity contribution >= 4 is 66.1 Å². The highest BCUT2D eigenvalue weighted by Crippen LogP contribution is 2.36. The summed E-state index contributed by atoms with van der Waals surface area (Å²) in [5, 5.41) is 7.47. The Morgan fingerprint density at radius 1 is 0.636 bits per heavy atom. The molecular weight excluding hydrogens is 383 g/mol. The molecule has 1 nitrogen and oxygen atoms in total. The summed E-state index contributed by atoms with van der Waals surface area (Å²) < 4.78 is 7.24. The minimum atomic E-state index is 0.958. The molecule has 104 valence electrons. The fourth-order valence-electron chi connectivity index (χ4n) is 3.26. The molecule has 22 heavy (non-hydrogen) atoms. The second-order valence-electron chi connectivity index (χ2n) is 5.60. The highest BCUT2D eigenvalue weighted by atomic mass is 127. The monoisotopic (exact) mass is 394 g/mol. The van der Waals surface area contributed by atoms with Crippen molar-refractivity contribution in [3.63, 3.8) is 0 Å². The van der Waals surface area contributed by atoms with Crippen LogP contribution in [0.2, 0.25) is 0 Å². The Hall–Kier alpha value is -2.07. The van der Waals surface area contributed by atoms with Crippen LogP contribution in [0.3, 0.4) is 0 Å².